The van der Waals surface area contributed by atoms with E-state index in [1.54, 1.807) is 32.4 Å². The fourth-order valence-corrected chi connectivity index (χ4v) is 1.90. The van der Waals surface area contributed by atoms with Gasteiger partial charge in [-0.3, -0.25) is 0 Å². The Balaban J connectivity index is 2.22. The van der Waals surface area contributed by atoms with E-state index in [2.05, 4.69) is 5.32 Å². The minimum absolute atomic E-state index is 0.239. The van der Waals surface area contributed by atoms with E-state index in [-0.39, 0.29) is 18.0 Å². The van der Waals surface area contributed by atoms with Crippen molar-refractivity contribution in [3.63, 3.8) is 0 Å². The summed E-state index contributed by atoms with van der Waals surface area (Å²) in [7, 11) is 3.12. The molecule has 0 fully saturated rings. The largest absolute Gasteiger partial charge is 0.504 e. The first kappa shape index (κ1) is 14.6. The first-order valence-corrected chi connectivity index (χ1v) is 6.25. The number of rotatable bonds is 5. The molecule has 0 spiro atoms. The van der Waals surface area contributed by atoms with Crippen LogP contribution in [0.15, 0.2) is 30.3 Å². The third-order valence-corrected chi connectivity index (χ3v) is 3.09. The summed E-state index contributed by atoms with van der Waals surface area (Å²) in [6.07, 6.45) is 0. The lowest BCUT2D eigenvalue weighted by molar-refractivity contribution is 0.365. The molecule has 0 aromatic heterocycles. The fourth-order valence-electron chi connectivity index (χ4n) is 1.90. The number of anilines is 1. The molecule has 0 bridgehead atoms. The number of hydrogen-bond acceptors (Lipinski definition) is 6. The van der Waals surface area contributed by atoms with Gasteiger partial charge in [-0.05, 0) is 24.3 Å². The van der Waals surface area contributed by atoms with Gasteiger partial charge in [0.25, 0.3) is 0 Å². The van der Waals surface area contributed by atoms with Crippen LogP contribution in [-0.4, -0.2) is 29.5 Å². The second-order valence-electron chi connectivity index (χ2n) is 4.36. The molecule has 0 unspecified atom stereocenters. The Morgan fingerprint density at radius 3 is 2.38 bits per heavy atom. The summed E-state index contributed by atoms with van der Waals surface area (Å²) in [6.45, 7) is 0.239. The topological polar surface area (TPSA) is 91.2 Å². The first-order valence-electron chi connectivity index (χ1n) is 6.25. The van der Waals surface area contributed by atoms with Gasteiger partial charge in [0.05, 0.1) is 19.9 Å². The molecule has 0 radical (unpaired) electrons. The average Bonchev–Trinajstić information content (AvgIpc) is 2.51. The van der Waals surface area contributed by atoms with Gasteiger partial charge in [0, 0.05) is 18.2 Å². The number of hydrogen-bond donors (Lipinski definition) is 4. The molecule has 21 heavy (non-hydrogen) atoms. The summed E-state index contributed by atoms with van der Waals surface area (Å²) < 4.78 is 10.4. The van der Waals surface area contributed by atoms with Crippen molar-refractivity contribution in [2.24, 2.45) is 0 Å². The Labute approximate surface area is 122 Å². The molecule has 0 saturated heterocycles. The van der Waals surface area contributed by atoms with Crippen LogP contribution in [0.1, 0.15) is 5.56 Å². The number of phenols is 3. The van der Waals surface area contributed by atoms with Crippen molar-refractivity contribution in [3.05, 3.63) is 35.9 Å². The zero-order valence-electron chi connectivity index (χ0n) is 11.8. The normalized spacial score (nSPS) is 10.2. The first-order chi connectivity index (χ1) is 10.1. The second-order valence-corrected chi connectivity index (χ2v) is 4.36. The molecule has 2 rings (SSSR count). The summed E-state index contributed by atoms with van der Waals surface area (Å²) >= 11 is 0. The molecular weight excluding hydrogens is 274 g/mol. The SMILES string of the molecule is COc1ccc(OC)c(NCc2ccc(O)c(O)c2O)c1. The second kappa shape index (κ2) is 6.13. The highest BCUT2D eigenvalue weighted by Crippen LogP contribution is 2.37. The van der Waals surface area contributed by atoms with Crippen LogP contribution in [0.2, 0.25) is 0 Å². The highest BCUT2D eigenvalue weighted by atomic mass is 16.5. The third kappa shape index (κ3) is 3.05. The van der Waals surface area contributed by atoms with Gasteiger partial charge < -0.3 is 30.1 Å². The summed E-state index contributed by atoms with van der Waals surface area (Å²) in [5.74, 6) is 0.0286. The van der Waals surface area contributed by atoms with Crippen LogP contribution in [0.25, 0.3) is 0 Å². The molecule has 0 aliphatic heterocycles. The molecule has 0 aliphatic rings. The van der Waals surface area contributed by atoms with Crippen LogP contribution in [0.3, 0.4) is 0 Å². The fraction of sp³-hybridized carbons (Fsp3) is 0.200. The molecule has 0 atom stereocenters. The van der Waals surface area contributed by atoms with E-state index in [1.165, 1.54) is 12.1 Å². The molecule has 6 nitrogen and oxygen atoms in total. The minimum atomic E-state index is -0.535. The van der Waals surface area contributed by atoms with Crippen LogP contribution in [0.4, 0.5) is 5.69 Å². The van der Waals surface area contributed by atoms with Crippen molar-refractivity contribution >= 4 is 5.69 Å². The molecule has 4 N–H and O–H groups in total. The van der Waals surface area contributed by atoms with Crippen molar-refractivity contribution in [2.45, 2.75) is 6.54 Å². The third-order valence-electron chi connectivity index (χ3n) is 3.09. The van der Waals surface area contributed by atoms with Gasteiger partial charge >= 0.3 is 0 Å². The van der Waals surface area contributed by atoms with E-state index in [4.69, 9.17) is 9.47 Å². The van der Waals surface area contributed by atoms with E-state index in [9.17, 15) is 15.3 Å². The molecule has 112 valence electrons. The van der Waals surface area contributed by atoms with E-state index in [0.29, 0.717) is 22.7 Å². The van der Waals surface area contributed by atoms with Gasteiger partial charge in [-0.25, -0.2) is 0 Å². The molecule has 0 heterocycles. The number of methoxy groups -OCH3 is 2. The molecular formula is C15H17NO5. The van der Waals surface area contributed by atoms with Gasteiger partial charge in [-0.15, -0.1) is 0 Å². The van der Waals surface area contributed by atoms with E-state index in [1.807, 2.05) is 0 Å². The van der Waals surface area contributed by atoms with Crippen LogP contribution >= 0.6 is 0 Å². The standard InChI is InChI=1S/C15H17NO5/c1-20-10-4-6-13(21-2)11(7-10)16-8-9-3-5-12(17)15(19)14(9)18/h3-7,16-19H,8H2,1-2H3. The molecule has 6 heteroatoms. The highest BCUT2D eigenvalue weighted by Gasteiger charge is 2.12. The van der Waals surface area contributed by atoms with Crippen LogP contribution in [0, 0.1) is 0 Å². The Morgan fingerprint density at radius 2 is 1.71 bits per heavy atom. The summed E-state index contributed by atoms with van der Waals surface area (Å²) in [5, 5.41) is 31.7. The molecule has 0 saturated carbocycles. The summed E-state index contributed by atoms with van der Waals surface area (Å²) in [4.78, 5) is 0. The van der Waals surface area contributed by atoms with E-state index in [0.717, 1.165) is 0 Å². The van der Waals surface area contributed by atoms with Crippen LogP contribution in [-0.2, 0) is 6.54 Å². The van der Waals surface area contributed by atoms with Crippen LogP contribution < -0.4 is 14.8 Å². The molecule has 0 aliphatic carbocycles. The minimum Gasteiger partial charge on any atom is -0.504 e. The smallest absolute Gasteiger partial charge is 0.200 e. The van der Waals surface area contributed by atoms with Crippen molar-refractivity contribution in [2.75, 3.05) is 19.5 Å². The van der Waals surface area contributed by atoms with Gasteiger partial charge in [0.2, 0.25) is 5.75 Å². The predicted molar refractivity (Wildman–Crippen MR) is 78.3 cm³/mol. The monoisotopic (exact) mass is 291 g/mol. The maximum atomic E-state index is 9.78. The van der Waals surface area contributed by atoms with E-state index < -0.39 is 5.75 Å². The summed E-state index contributed by atoms with van der Waals surface area (Å²) in [6, 6.07) is 8.12. The van der Waals surface area contributed by atoms with Gasteiger partial charge in [0.1, 0.15) is 11.5 Å². The maximum Gasteiger partial charge on any atom is 0.200 e. The van der Waals surface area contributed by atoms with Gasteiger partial charge in [0.15, 0.2) is 11.5 Å². The van der Waals surface area contributed by atoms with Crippen molar-refractivity contribution in [3.8, 4) is 28.7 Å². The van der Waals surface area contributed by atoms with Gasteiger partial charge in [-0.1, -0.05) is 0 Å². The molecule has 0 amide bonds. The lowest BCUT2D eigenvalue weighted by atomic mass is 10.1. The highest BCUT2D eigenvalue weighted by molar-refractivity contribution is 5.61. The Kier molecular flexibility index (Phi) is 4.27. The average molecular weight is 291 g/mol. The quantitative estimate of drug-likeness (QED) is 0.632. The predicted octanol–water partition coefficient (Wildman–Crippen LogP) is 2.43. The Hall–Kier alpha value is -2.76. The van der Waals surface area contributed by atoms with Gasteiger partial charge in [-0.2, -0.15) is 0 Å². The summed E-state index contributed by atoms with van der Waals surface area (Å²) in [5.41, 5.74) is 1.12. The zero-order valence-corrected chi connectivity index (χ0v) is 11.8. The lowest BCUT2D eigenvalue weighted by Gasteiger charge is -2.14. The van der Waals surface area contributed by atoms with Crippen molar-refractivity contribution in [1.29, 1.82) is 0 Å². The lowest BCUT2D eigenvalue weighted by Crippen LogP contribution is -2.02. The number of phenolic OH excluding ortho intramolecular Hbond substituents is 3. The van der Waals surface area contributed by atoms with E-state index >= 15 is 0 Å². The van der Waals surface area contributed by atoms with Crippen molar-refractivity contribution in [1.82, 2.24) is 0 Å². The van der Waals surface area contributed by atoms with Crippen LogP contribution in [0.5, 0.6) is 28.7 Å². The maximum absolute atomic E-state index is 9.78. The molecule has 2 aromatic carbocycles. The number of aromatic hydroxyl groups is 3. The number of ether oxygens (including phenoxy) is 2. The Morgan fingerprint density at radius 1 is 0.952 bits per heavy atom. The zero-order chi connectivity index (χ0) is 15.4. The number of benzene rings is 2. The number of nitrogens with one attached hydrogen (secondary N) is 1. The molecule has 2 aromatic rings. The Bertz CT molecular complexity index is 642. The van der Waals surface area contributed by atoms with Crippen molar-refractivity contribution < 1.29 is 24.8 Å².